The van der Waals surface area contributed by atoms with Crippen LogP contribution in [0.25, 0.3) is 11.5 Å². The number of thiocarbonyl (C=S) groups is 1. The second kappa shape index (κ2) is 8.28. The first-order valence-electron chi connectivity index (χ1n) is 8.99. The Morgan fingerprint density at radius 2 is 1.66 bits per heavy atom. The minimum absolute atomic E-state index is 0.0298. The van der Waals surface area contributed by atoms with Gasteiger partial charge < -0.3 is 19.9 Å². The van der Waals surface area contributed by atoms with Crippen LogP contribution in [0.3, 0.4) is 0 Å². The lowest BCUT2D eigenvalue weighted by atomic mass is 10.1. The van der Waals surface area contributed by atoms with E-state index in [2.05, 4.69) is 5.32 Å². The van der Waals surface area contributed by atoms with Gasteiger partial charge in [0, 0.05) is 23.4 Å². The van der Waals surface area contributed by atoms with Gasteiger partial charge in [-0.25, -0.2) is 4.39 Å². The lowest BCUT2D eigenvalue weighted by Gasteiger charge is -2.19. The molecule has 0 bridgehead atoms. The van der Waals surface area contributed by atoms with Gasteiger partial charge in [-0.05, 0) is 42.5 Å². The normalized spacial score (nSPS) is 13.4. The summed E-state index contributed by atoms with van der Waals surface area (Å²) in [5.74, 6) is 0.829. The van der Waals surface area contributed by atoms with Crippen LogP contribution >= 0.6 is 12.2 Å². The van der Waals surface area contributed by atoms with Crippen molar-refractivity contribution < 1.29 is 23.5 Å². The quantitative estimate of drug-likeness (QED) is 0.293. The van der Waals surface area contributed by atoms with Crippen molar-refractivity contribution >= 4 is 34.3 Å². The van der Waals surface area contributed by atoms with Gasteiger partial charge in [-0.1, -0.05) is 18.3 Å². The molecule has 2 N–H and O–H groups in total. The molecule has 29 heavy (non-hydrogen) atoms. The van der Waals surface area contributed by atoms with Gasteiger partial charge in [0.2, 0.25) is 0 Å². The van der Waals surface area contributed by atoms with Crippen LogP contribution in [-0.4, -0.2) is 23.3 Å². The van der Waals surface area contributed by atoms with Crippen LogP contribution in [0.1, 0.15) is 5.56 Å². The zero-order valence-corrected chi connectivity index (χ0v) is 16.2. The molecule has 0 amide bonds. The van der Waals surface area contributed by atoms with Crippen molar-refractivity contribution in [1.29, 1.82) is 0 Å². The number of fused-ring (bicyclic) bond motifs is 1. The van der Waals surface area contributed by atoms with Crippen molar-refractivity contribution in [2.24, 2.45) is 0 Å². The maximum absolute atomic E-state index is 13.2. The van der Waals surface area contributed by atoms with Crippen LogP contribution in [0.4, 0.5) is 10.1 Å². The highest BCUT2D eigenvalue weighted by Crippen LogP contribution is 2.33. The number of benzene rings is 2. The zero-order valence-electron chi connectivity index (χ0n) is 15.3. The molecule has 1 aliphatic rings. The van der Waals surface area contributed by atoms with E-state index in [1.807, 2.05) is 18.2 Å². The van der Waals surface area contributed by atoms with E-state index in [1.165, 1.54) is 12.1 Å². The molecule has 5 nitrogen and oxygen atoms in total. The summed E-state index contributed by atoms with van der Waals surface area (Å²) < 4.78 is 26.1. The first-order chi connectivity index (χ1) is 14.1. The molecule has 1 aromatic heterocycles. The van der Waals surface area contributed by atoms with Crippen molar-refractivity contribution in [2.75, 3.05) is 18.5 Å². The maximum Gasteiger partial charge on any atom is 0.288 e. The van der Waals surface area contributed by atoms with Gasteiger partial charge in [-0.3, -0.25) is 0 Å². The molecule has 0 spiro atoms. The monoisotopic (exact) mass is 409 g/mol. The Balaban J connectivity index is 1.75. The lowest BCUT2D eigenvalue weighted by molar-refractivity contribution is -0.575. The standard InChI is InChI=1S/C22H17FN2O3S/c23-16-5-7-17(8-6-16)24-22(29)20(25-10-2-1-3-11-25)21(26)15-4-9-18-19(14-15)28-13-12-27-18/h1-11,14H,12-13H2,(H-,24,26,29)/p+1. The van der Waals surface area contributed by atoms with Gasteiger partial charge in [-0.2, -0.15) is 4.57 Å². The zero-order chi connectivity index (χ0) is 20.2. The average molecular weight is 409 g/mol. The smallest absolute Gasteiger partial charge is 0.288 e. The molecular formula is C22H18FN2O3S+. The number of pyridine rings is 1. The molecule has 7 heteroatoms. The number of hydrogen-bond acceptors (Lipinski definition) is 4. The third-order valence-corrected chi connectivity index (χ3v) is 4.63. The number of aliphatic hydroxyl groups is 1. The Labute approximate surface area is 172 Å². The summed E-state index contributed by atoms with van der Waals surface area (Å²) in [4.78, 5) is 0.278. The molecule has 0 fully saturated rings. The highest BCUT2D eigenvalue weighted by molar-refractivity contribution is 7.81. The Kier molecular flexibility index (Phi) is 5.39. The number of aromatic nitrogens is 1. The number of hydrogen-bond donors (Lipinski definition) is 2. The van der Waals surface area contributed by atoms with E-state index >= 15 is 0 Å². The molecular weight excluding hydrogens is 391 g/mol. The number of nitrogens with one attached hydrogen (secondary N) is 1. The van der Waals surface area contributed by atoms with Crippen LogP contribution in [0.2, 0.25) is 0 Å². The highest BCUT2D eigenvalue weighted by Gasteiger charge is 2.25. The van der Waals surface area contributed by atoms with E-state index in [-0.39, 0.29) is 16.6 Å². The number of rotatable bonds is 4. The molecule has 3 aromatic rings. The third kappa shape index (κ3) is 4.20. The number of nitrogens with zero attached hydrogens (tertiary/aromatic N) is 1. The van der Waals surface area contributed by atoms with Crippen molar-refractivity contribution in [3.63, 3.8) is 0 Å². The molecule has 4 rings (SSSR count). The van der Waals surface area contributed by atoms with E-state index in [0.29, 0.717) is 41.7 Å². The molecule has 2 aromatic carbocycles. The second-order valence-corrected chi connectivity index (χ2v) is 6.71. The number of halogens is 1. The fraction of sp³-hybridized carbons (Fsp3) is 0.0909. The minimum Gasteiger partial charge on any atom is -0.502 e. The van der Waals surface area contributed by atoms with Crippen LogP contribution in [0.5, 0.6) is 11.5 Å². The fourth-order valence-electron chi connectivity index (χ4n) is 2.95. The number of ether oxygens (including phenoxy) is 2. The first-order valence-corrected chi connectivity index (χ1v) is 9.39. The summed E-state index contributed by atoms with van der Waals surface area (Å²) >= 11 is 5.57. The minimum atomic E-state index is -0.339. The SMILES string of the molecule is OC(=C(C(=S)Nc1ccc(F)cc1)[n+]1ccccc1)c1ccc2c(c1)OCCO2. The Bertz CT molecular complexity index is 1070. The van der Waals surface area contributed by atoms with Crippen molar-refractivity contribution in [2.45, 2.75) is 0 Å². The summed E-state index contributed by atoms with van der Waals surface area (Å²) in [6.07, 6.45) is 3.56. The Hall–Kier alpha value is -3.45. The Morgan fingerprint density at radius 3 is 2.38 bits per heavy atom. The molecule has 1 aliphatic heterocycles. The predicted molar refractivity (Wildman–Crippen MR) is 112 cm³/mol. The van der Waals surface area contributed by atoms with Crippen LogP contribution in [0, 0.1) is 5.82 Å². The van der Waals surface area contributed by atoms with Crippen LogP contribution in [0.15, 0.2) is 73.1 Å². The van der Waals surface area contributed by atoms with Crippen molar-refractivity contribution in [3.05, 3.63) is 84.4 Å². The molecule has 0 saturated carbocycles. The van der Waals surface area contributed by atoms with Gasteiger partial charge >= 0.3 is 0 Å². The van der Waals surface area contributed by atoms with Crippen molar-refractivity contribution in [3.8, 4) is 11.5 Å². The maximum atomic E-state index is 13.2. The van der Waals surface area contributed by atoms with E-state index in [9.17, 15) is 9.50 Å². The molecule has 146 valence electrons. The highest BCUT2D eigenvalue weighted by atomic mass is 32.1. The van der Waals surface area contributed by atoms with Gasteiger partial charge in [0.05, 0.1) is 0 Å². The van der Waals surface area contributed by atoms with Gasteiger partial charge in [-0.15, -0.1) is 0 Å². The number of aliphatic hydroxyl groups excluding tert-OH is 1. The summed E-state index contributed by atoms with van der Waals surface area (Å²) in [6, 6.07) is 16.6. The first kappa shape index (κ1) is 18.9. The van der Waals surface area contributed by atoms with E-state index in [1.54, 1.807) is 47.3 Å². The topological polar surface area (TPSA) is 54.6 Å². The summed E-state index contributed by atoms with van der Waals surface area (Å²) in [6.45, 7) is 0.941. The largest absolute Gasteiger partial charge is 0.502 e. The summed E-state index contributed by atoms with van der Waals surface area (Å²) in [7, 11) is 0. The summed E-state index contributed by atoms with van der Waals surface area (Å²) in [5.41, 5.74) is 1.52. The molecule has 0 aliphatic carbocycles. The second-order valence-electron chi connectivity index (χ2n) is 6.30. The van der Waals surface area contributed by atoms with Crippen LogP contribution in [-0.2, 0) is 0 Å². The molecule has 2 heterocycles. The molecule has 0 atom stereocenters. The lowest BCUT2D eigenvalue weighted by Crippen LogP contribution is -2.38. The van der Waals surface area contributed by atoms with Crippen LogP contribution < -0.4 is 19.4 Å². The fourth-order valence-corrected chi connectivity index (χ4v) is 3.27. The predicted octanol–water partition coefficient (Wildman–Crippen LogP) is 4.21. The third-order valence-electron chi connectivity index (χ3n) is 4.33. The molecule has 0 unspecified atom stereocenters. The van der Waals surface area contributed by atoms with Crippen molar-refractivity contribution in [1.82, 2.24) is 0 Å². The van der Waals surface area contributed by atoms with Gasteiger partial charge in [0.1, 0.15) is 19.0 Å². The number of anilines is 1. The van der Waals surface area contributed by atoms with E-state index in [4.69, 9.17) is 21.7 Å². The Morgan fingerprint density at radius 1 is 0.966 bits per heavy atom. The average Bonchev–Trinajstić information content (AvgIpc) is 2.76. The van der Waals surface area contributed by atoms with Gasteiger partial charge in [0.15, 0.2) is 34.6 Å². The molecule has 0 radical (unpaired) electrons. The van der Waals surface area contributed by atoms with E-state index < -0.39 is 0 Å². The van der Waals surface area contributed by atoms with E-state index in [0.717, 1.165) is 0 Å². The van der Waals surface area contributed by atoms with Gasteiger partial charge in [0.25, 0.3) is 5.70 Å². The molecule has 0 saturated heterocycles. The summed E-state index contributed by atoms with van der Waals surface area (Å²) in [5, 5.41) is 14.2.